The fourth-order valence-corrected chi connectivity index (χ4v) is 3.63. The Morgan fingerprint density at radius 3 is 2.79 bits per heavy atom. The van der Waals surface area contributed by atoms with Crippen LogP contribution in [0.5, 0.6) is 0 Å². The highest BCUT2D eigenvalue weighted by Crippen LogP contribution is 2.30. The van der Waals surface area contributed by atoms with Crippen molar-refractivity contribution in [3.05, 3.63) is 65.4 Å². The standard InChI is InChI=1S/C20H21N3O/c1-14-6-5-7-15(12-14)21-20(24)23-11-10-19-17(13-23)16-8-3-4-9-18(16)22(19)2/h3-9,12H,10-11,13H2,1-2H3,(H,21,24). The van der Waals surface area contributed by atoms with Crippen LogP contribution in [0.15, 0.2) is 48.5 Å². The van der Waals surface area contributed by atoms with Gasteiger partial charge in [-0.2, -0.15) is 0 Å². The minimum Gasteiger partial charge on any atom is -0.347 e. The molecule has 1 aliphatic heterocycles. The number of carbonyl (C=O) groups is 1. The molecule has 0 saturated heterocycles. The van der Waals surface area contributed by atoms with Crippen LogP contribution >= 0.6 is 0 Å². The molecule has 1 aliphatic rings. The Morgan fingerprint density at radius 1 is 1.12 bits per heavy atom. The van der Waals surface area contributed by atoms with Crippen molar-refractivity contribution in [1.29, 1.82) is 0 Å². The van der Waals surface area contributed by atoms with E-state index in [4.69, 9.17) is 0 Å². The number of para-hydroxylation sites is 1. The number of nitrogens with zero attached hydrogens (tertiary/aromatic N) is 2. The van der Waals surface area contributed by atoms with Gasteiger partial charge in [-0.3, -0.25) is 0 Å². The molecule has 0 saturated carbocycles. The highest BCUT2D eigenvalue weighted by molar-refractivity contribution is 5.91. The van der Waals surface area contributed by atoms with Crippen LogP contribution in [0.25, 0.3) is 10.9 Å². The van der Waals surface area contributed by atoms with Crippen molar-refractivity contribution < 1.29 is 4.79 Å². The average Bonchev–Trinajstić information content (AvgIpc) is 2.88. The van der Waals surface area contributed by atoms with E-state index in [1.807, 2.05) is 36.1 Å². The number of benzene rings is 2. The van der Waals surface area contributed by atoms with E-state index in [1.54, 1.807) is 0 Å². The number of hydrogen-bond donors (Lipinski definition) is 1. The van der Waals surface area contributed by atoms with Gasteiger partial charge in [-0.05, 0) is 30.7 Å². The number of rotatable bonds is 1. The van der Waals surface area contributed by atoms with Crippen LogP contribution in [-0.2, 0) is 20.0 Å². The molecule has 122 valence electrons. The predicted octanol–water partition coefficient (Wildman–Crippen LogP) is 4.08. The highest BCUT2D eigenvalue weighted by atomic mass is 16.2. The van der Waals surface area contributed by atoms with E-state index in [0.29, 0.717) is 6.54 Å². The van der Waals surface area contributed by atoms with E-state index >= 15 is 0 Å². The zero-order valence-corrected chi connectivity index (χ0v) is 14.0. The Hall–Kier alpha value is -2.75. The number of aryl methyl sites for hydroxylation is 2. The van der Waals surface area contributed by atoms with Crippen molar-refractivity contribution in [3.63, 3.8) is 0 Å². The van der Waals surface area contributed by atoms with E-state index < -0.39 is 0 Å². The summed E-state index contributed by atoms with van der Waals surface area (Å²) in [4.78, 5) is 14.5. The van der Waals surface area contributed by atoms with Crippen molar-refractivity contribution in [3.8, 4) is 0 Å². The summed E-state index contributed by atoms with van der Waals surface area (Å²) in [5.41, 5.74) is 5.85. The van der Waals surface area contributed by atoms with Crippen LogP contribution in [-0.4, -0.2) is 22.0 Å². The number of carbonyl (C=O) groups excluding carboxylic acids is 1. The van der Waals surface area contributed by atoms with Crippen molar-refractivity contribution in [2.45, 2.75) is 19.9 Å². The van der Waals surface area contributed by atoms with Crippen LogP contribution in [0, 0.1) is 6.92 Å². The largest absolute Gasteiger partial charge is 0.347 e. The van der Waals surface area contributed by atoms with Gasteiger partial charge in [0.1, 0.15) is 0 Å². The molecule has 4 rings (SSSR count). The van der Waals surface area contributed by atoms with Crippen LogP contribution < -0.4 is 5.32 Å². The topological polar surface area (TPSA) is 37.3 Å². The van der Waals surface area contributed by atoms with E-state index in [9.17, 15) is 4.79 Å². The summed E-state index contributed by atoms with van der Waals surface area (Å²) in [6.45, 7) is 3.43. The molecule has 0 spiro atoms. The number of fused-ring (bicyclic) bond motifs is 3. The summed E-state index contributed by atoms with van der Waals surface area (Å²) in [5.74, 6) is 0. The minimum absolute atomic E-state index is 0.0285. The maximum Gasteiger partial charge on any atom is 0.322 e. The molecule has 1 aromatic heterocycles. The highest BCUT2D eigenvalue weighted by Gasteiger charge is 2.25. The lowest BCUT2D eigenvalue weighted by atomic mass is 10.0. The molecule has 4 nitrogen and oxygen atoms in total. The summed E-state index contributed by atoms with van der Waals surface area (Å²) in [5, 5.41) is 4.27. The van der Waals surface area contributed by atoms with Gasteiger partial charge < -0.3 is 14.8 Å². The molecule has 24 heavy (non-hydrogen) atoms. The van der Waals surface area contributed by atoms with Crippen molar-refractivity contribution in [2.75, 3.05) is 11.9 Å². The maximum absolute atomic E-state index is 12.6. The average molecular weight is 319 g/mol. The normalized spacial score (nSPS) is 13.8. The second-order valence-electron chi connectivity index (χ2n) is 6.47. The zero-order valence-electron chi connectivity index (χ0n) is 14.0. The molecule has 2 heterocycles. The molecule has 0 fully saturated rings. The lowest BCUT2D eigenvalue weighted by Gasteiger charge is -2.28. The Morgan fingerprint density at radius 2 is 1.96 bits per heavy atom. The summed E-state index contributed by atoms with van der Waals surface area (Å²) in [6, 6.07) is 16.3. The maximum atomic E-state index is 12.6. The summed E-state index contributed by atoms with van der Waals surface area (Å²) < 4.78 is 2.26. The van der Waals surface area contributed by atoms with Gasteiger partial charge in [-0.25, -0.2) is 4.79 Å². The second kappa shape index (κ2) is 5.71. The monoisotopic (exact) mass is 319 g/mol. The first kappa shape index (κ1) is 14.8. The third-order valence-corrected chi connectivity index (χ3v) is 4.87. The zero-order chi connectivity index (χ0) is 16.7. The van der Waals surface area contributed by atoms with E-state index in [1.165, 1.54) is 22.2 Å². The summed E-state index contributed by atoms with van der Waals surface area (Å²) in [6.07, 6.45) is 0.891. The fourth-order valence-electron chi connectivity index (χ4n) is 3.63. The molecule has 1 N–H and O–H groups in total. The van der Waals surface area contributed by atoms with Gasteiger partial charge >= 0.3 is 6.03 Å². The van der Waals surface area contributed by atoms with Gasteiger partial charge in [0.25, 0.3) is 0 Å². The van der Waals surface area contributed by atoms with Crippen LogP contribution in [0.3, 0.4) is 0 Å². The molecule has 2 aromatic carbocycles. The van der Waals surface area contributed by atoms with Crippen molar-refractivity contribution in [1.82, 2.24) is 9.47 Å². The fraction of sp³-hybridized carbons (Fsp3) is 0.250. The van der Waals surface area contributed by atoms with Gasteiger partial charge in [-0.15, -0.1) is 0 Å². The van der Waals surface area contributed by atoms with Crippen molar-refractivity contribution >= 4 is 22.6 Å². The first-order valence-electron chi connectivity index (χ1n) is 8.31. The lowest BCUT2D eigenvalue weighted by molar-refractivity contribution is 0.206. The van der Waals surface area contributed by atoms with Gasteiger partial charge in [0.05, 0.1) is 0 Å². The Balaban J connectivity index is 1.60. The molecule has 2 amide bonds. The van der Waals surface area contributed by atoms with E-state index in [-0.39, 0.29) is 6.03 Å². The molecule has 0 atom stereocenters. The molecule has 0 aliphatic carbocycles. The Labute approximate surface area is 141 Å². The van der Waals surface area contributed by atoms with E-state index in [0.717, 1.165) is 24.2 Å². The SMILES string of the molecule is Cc1cccc(NC(=O)N2CCc3c(c4ccccc4n3C)C2)c1. The first-order chi connectivity index (χ1) is 11.6. The number of urea groups is 1. The molecular weight excluding hydrogens is 298 g/mol. The van der Waals surface area contributed by atoms with Crippen LogP contribution in [0.2, 0.25) is 0 Å². The molecule has 4 heteroatoms. The Bertz CT molecular complexity index is 926. The minimum atomic E-state index is -0.0285. The summed E-state index contributed by atoms with van der Waals surface area (Å²) in [7, 11) is 2.11. The van der Waals surface area contributed by atoms with Gasteiger partial charge in [-0.1, -0.05) is 30.3 Å². The van der Waals surface area contributed by atoms with Gasteiger partial charge in [0.2, 0.25) is 0 Å². The third-order valence-electron chi connectivity index (χ3n) is 4.87. The van der Waals surface area contributed by atoms with Crippen LogP contribution in [0.1, 0.15) is 16.8 Å². The molecular formula is C20H21N3O. The molecule has 0 bridgehead atoms. The number of nitrogens with one attached hydrogen (secondary N) is 1. The number of anilines is 1. The number of aromatic nitrogens is 1. The summed E-state index contributed by atoms with van der Waals surface area (Å²) >= 11 is 0. The lowest BCUT2D eigenvalue weighted by Crippen LogP contribution is -2.39. The number of amides is 2. The van der Waals surface area contributed by atoms with Crippen molar-refractivity contribution in [2.24, 2.45) is 7.05 Å². The van der Waals surface area contributed by atoms with Gasteiger partial charge in [0.15, 0.2) is 0 Å². The quantitative estimate of drug-likeness (QED) is 0.721. The Kier molecular flexibility index (Phi) is 3.53. The molecule has 0 unspecified atom stereocenters. The number of hydrogen-bond acceptors (Lipinski definition) is 1. The first-order valence-corrected chi connectivity index (χ1v) is 8.31. The van der Waals surface area contributed by atoms with E-state index in [2.05, 4.69) is 41.2 Å². The third kappa shape index (κ3) is 2.44. The predicted molar refractivity (Wildman–Crippen MR) is 97.2 cm³/mol. The van der Waals surface area contributed by atoms with Crippen LogP contribution in [0.4, 0.5) is 10.5 Å². The smallest absolute Gasteiger partial charge is 0.322 e. The molecule has 3 aromatic rings. The van der Waals surface area contributed by atoms with Gasteiger partial charge in [0, 0.05) is 54.4 Å². The molecule has 0 radical (unpaired) electrons. The second-order valence-corrected chi connectivity index (χ2v) is 6.47.